The predicted molar refractivity (Wildman–Crippen MR) is 214 cm³/mol. The predicted octanol–water partition coefficient (Wildman–Crippen LogP) is 7.60. The Kier molecular flexibility index (Phi) is 9.48. The quantitative estimate of drug-likeness (QED) is 0.146. The number of aliphatic imine (C=N–C) groups is 1. The number of rotatable bonds is 8. The van der Waals surface area contributed by atoms with Gasteiger partial charge in [0.25, 0.3) is 5.91 Å². The zero-order valence-electron chi connectivity index (χ0n) is 30.7. The zero-order chi connectivity index (χ0) is 38.9. The van der Waals surface area contributed by atoms with Crippen molar-refractivity contribution in [3.05, 3.63) is 160 Å². The van der Waals surface area contributed by atoms with Crippen LogP contribution in [0.25, 0.3) is 0 Å². The highest BCUT2D eigenvalue weighted by molar-refractivity contribution is 6.20. The summed E-state index contributed by atoms with van der Waals surface area (Å²) in [4.78, 5) is 62.6. The normalized spacial score (nSPS) is 14.9. The minimum Gasteiger partial charge on any atom is -0.324 e. The van der Waals surface area contributed by atoms with E-state index in [0.29, 0.717) is 45.7 Å². The maximum atomic E-state index is 13.8. The van der Waals surface area contributed by atoms with E-state index in [1.165, 1.54) is 17.0 Å². The van der Waals surface area contributed by atoms with E-state index in [4.69, 9.17) is 4.99 Å². The topological polar surface area (TPSA) is 145 Å². The fourth-order valence-electron chi connectivity index (χ4n) is 6.71. The number of hydrogen-bond donors (Lipinski definition) is 3. The van der Waals surface area contributed by atoms with E-state index in [9.17, 15) is 18.8 Å². The molecule has 1 atom stereocenters. The number of halogens is 1. The molecule has 4 aromatic carbocycles. The minimum atomic E-state index is -0.795. The maximum absolute atomic E-state index is 13.8. The first-order valence-electron chi connectivity index (χ1n) is 18.0. The first kappa shape index (κ1) is 35.7. The van der Waals surface area contributed by atoms with Gasteiger partial charge in [-0.2, -0.15) is 4.98 Å². The SMILES string of the molecule is Cc1ccc(Nc2ncc3c(n2)N(C)C(=O)N(c2cc(NC(=O)c4ccc5c(c4)NC(=O)C(Cc4ccc(F)cc4)N=C5c4ccccc4)ccc2C)C3)cn1. The van der Waals surface area contributed by atoms with Gasteiger partial charge in [0.2, 0.25) is 11.9 Å². The lowest BCUT2D eigenvalue weighted by Gasteiger charge is -2.35. The Morgan fingerprint density at radius 2 is 1.68 bits per heavy atom. The van der Waals surface area contributed by atoms with Crippen LogP contribution < -0.4 is 25.8 Å². The Hall–Kier alpha value is -7.28. The number of pyridine rings is 1. The van der Waals surface area contributed by atoms with Gasteiger partial charge >= 0.3 is 6.03 Å². The van der Waals surface area contributed by atoms with Crippen molar-refractivity contribution < 1.29 is 18.8 Å². The van der Waals surface area contributed by atoms with E-state index in [-0.39, 0.29) is 30.7 Å². The summed E-state index contributed by atoms with van der Waals surface area (Å²) in [7, 11) is 1.66. The van der Waals surface area contributed by atoms with Crippen molar-refractivity contribution in [3.8, 4) is 0 Å². The van der Waals surface area contributed by atoms with Crippen LogP contribution in [-0.2, 0) is 17.8 Å². The summed E-state index contributed by atoms with van der Waals surface area (Å²) in [6.07, 6.45) is 3.65. The number of hydrogen-bond acceptors (Lipinski definition) is 8. The summed E-state index contributed by atoms with van der Waals surface area (Å²) in [5.74, 6) is -0.285. The smallest absolute Gasteiger partial charge is 0.324 e. The molecule has 0 radical (unpaired) electrons. The molecule has 2 aromatic heterocycles. The highest BCUT2D eigenvalue weighted by Crippen LogP contribution is 2.34. The van der Waals surface area contributed by atoms with Gasteiger partial charge in [0.15, 0.2) is 0 Å². The summed E-state index contributed by atoms with van der Waals surface area (Å²) < 4.78 is 13.6. The molecule has 6 aromatic rings. The molecule has 56 heavy (non-hydrogen) atoms. The molecule has 2 aliphatic heterocycles. The average molecular weight is 746 g/mol. The Morgan fingerprint density at radius 3 is 2.45 bits per heavy atom. The molecule has 0 fully saturated rings. The number of amides is 4. The molecule has 13 heteroatoms. The fraction of sp³-hybridized carbons (Fsp3) is 0.140. The van der Waals surface area contributed by atoms with Gasteiger partial charge in [-0.15, -0.1) is 0 Å². The van der Waals surface area contributed by atoms with E-state index >= 15 is 0 Å². The van der Waals surface area contributed by atoms with Crippen molar-refractivity contribution in [2.24, 2.45) is 4.99 Å². The minimum absolute atomic E-state index is 0.223. The number of anilines is 6. The highest BCUT2D eigenvalue weighted by atomic mass is 19.1. The van der Waals surface area contributed by atoms with Gasteiger partial charge in [-0.05, 0) is 79.6 Å². The van der Waals surface area contributed by atoms with E-state index in [2.05, 4.69) is 30.9 Å². The van der Waals surface area contributed by atoms with Crippen LogP contribution in [0, 0.1) is 19.7 Å². The molecule has 4 heterocycles. The number of carbonyl (C=O) groups excluding carboxylic acids is 3. The lowest BCUT2D eigenvalue weighted by atomic mass is 9.98. The number of nitrogens with one attached hydrogen (secondary N) is 3. The van der Waals surface area contributed by atoms with Crippen molar-refractivity contribution in [3.63, 3.8) is 0 Å². The molecule has 0 aliphatic carbocycles. The standard InChI is InChI=1S/C43H36FN9O3/c1-25-9-16-32(21-37(25)53-24-30-22-46-42(51-39(30)52(3)43(53)56)48-33-17-10-26(2)45-23-33)47-40(54)29-13-18-34-35(20-29)50-41(55)36(19-27-11-14-31(44)15-12-27)49-38(34)28-7-5-4-6-8-28/h4-18,20-23,36H,19,24H2,1-3H3,(H,47,54)(H,50,55)(H,46,48,51). The average Bonchev–Trinajstić information content (AvgIpc) is 3.34. The first-order valence-corrected chi connectivity index (χ1v) is 18.0. The monoisotopic (exact) mass is 745 g/mol. The molecule has 278 valence electrons. The first-order chi connectivity index (χ1) is 27.1. The van der Waals surface area contributed by atoms with Crippen LogP contribution in [0.3, 0.4) is 0 Å². The molecule has 0 saturated carbocycles. The second kappa shape index (κ2) is 14.9. The van der Waals surface area contributed by atoms with Crippen LogP contribution in [0.2, 0.25) is 0 Å². The molecule has 4 amide bonds. The fourth-order valence-corrected chi connectivity index (χ4v) is 6.71. The lowest BCUT2D eigenvalue weighted by Crippen LogP contribution is -2.46. The second-order valence-electron chi connectivity index (χ2n) is 13.7. The largest absolute Gasteiger partial charge is 0.330 e. The number of urea groups is 1. The number of aromatic nitrogens is 3. The van der Waals surface area contributed by atoms with Gasteiger partial charge in [0, 0.05) is 53.3 Å². The molecule has 8 rings (SSSR count). The molecular weight excluding hydrogens is 710 g/mol. The molecule has 0 saturated heterocycles. The Labute approximate surface area is 322 Å². The van der Waals surface area contributed by atoms with Gasteiger partial charge < -0.3 is 16.0 Å². The number of aryl methyl sites for hydroxylation is 2. The van der Waals surface area contributed by atoms with Gasteiger partial charge in [-0.3, -0.25) is 29.4 Å². The Balaban J connectivity index is 1.03. The zero-order valence-corrected chi connectivity index (χ0v) is 30.7. The third kappa shape index (κ3) is 7.29. The van der Waals surface area contributed by atoms with Gasteiger partial charge in [-0.25, -0.2) is 14.2 Å². The summed E-state index contributed by atoms with van der Waals surface area (Å²) in [5.41, 5.74) is 7.86. The molecule has 2 aliphatic rings. The van der Waals surface area contributed by atoms with Crippen LogP contribution in [0.15, 0.2) is 121 Å². The number of nitrogens with zero attached hydrogens (tertiary/aromatic N) is 6. The van der Waals surface area contributed by atoms with E-state index in [1.54, 1.807) is 66.8 Å². The molecule has 3 N–H and O–H groups in total. The molecule has 0 bridgehead atoms. The van der Waals surface area contributed by atoms with Gasteiger partial charge in [0.05, 0.1) is 35.5 Å². The summed E-state index contributed by atoms with van der Waals surface area (Å²) in [5, 5.41) is 9.09. The summed E-state index contributed by atoms with van der Waals surface area (Å²) >= 11 is 0. The summed E-state index contributed by atoms with van der Waals surface area (Å²) in [6, 6.07) is 28.7. The third-order valence-corrected chi connectivity index (χ3v) is 9.70. The Bertz CT molecular complexity index is 2530. The van der Waals surface area contributed by atoms with E-state index in [1.807, 2.05) is 62.4 Å². The number of fused-ring (bicyclic) bond motifs is 2. The lowest BCUT2D eigenvalue weighted by molar-refractivity contribution is -0.117. The maximum Gasteiger partial charge on any atom is 0.330 e. The molecule has 12 nitrogen and oxygen atoms in total. The van der Waals surface area contributed by atoms with Crippen LogP contribution in [0.5, 0.6) is 0 Å². The number of benzodiazepines with no additional fused rings is 1. The van der Waals surface area contributed by atoms with E-state index < -0.39 is 11.9 Å². The van der Waals surface area contributed by atoms with Crippen LogP contribution in [0.4, 0.5) is 43.7 Å². The van der Waals surface area contributed by atoms with Gasteiger partial charge in [0.1, 0.15) is 17.7 Å². The van der Waals surface area contributed by atoms with Crippen LogP contribution in [-0.4, -0.2) is 51.6 Å². The Morgan fingerprint density at radius 1 is 0.893 bits per heavy atom. The van der Waals surface area contributed by atoms with Crippen molar-refractivity contribution in [1.82, 2.24) is 15.0 Å². The molecule has 1 unspecified atom stereocenters. The van der Waals surface area contributed by atoms with Crippen LogP contribution >= 0.6 is 0 Å². The van der Waals surface area contributed by atoms with Gasteiger partial charge in [-0.1, -0.05) is 48.5 Å². The van der Waals surface area contributed by atoms with Crippen molar-refractivity contribution in [1.29, 1.82) is 0 Å². The summed E-state index contributed by atoms with van der Waals surface area (Å²) in [6.45, 7) is 4.02. The second-order valence-corrected chi connectivity index (χ2v) is 13.7. The number of carbonyl (C=O) groups is 3. The number of benzene rings is 4. The van der Waals surface area contributed by atoms with Crippen molar-refractivity contribution >= 4 is 58.1 Å². The van der Waals surface area contributed by atoms with Crippen molar-refractivity contribution in [2.45, 2.75) is 32.9 Å². The third-order valence-electron chi connectivity index (χ3n) is 9.70. The van der Waals surface area contributed by atoms with Crippen molar-refractivity contribution in [2.75, 3.05) is 32.8 Å². The highest BCUT2D eigenvalue weighted by Gasteiger charge is 2.32. The van der Waals surface area contributed by atoms with E-state index in [0.717, 1.165) is 33.6 Å². The molecule has 0 spiro atoms. The van der Waals surface area contributed by atoms with Crippen LogP contribution in [0.1, 0.15) is 43.9 Å². The molecular formula is C43H36FN9O3.